The molecule has 0 aliphatic rings. The van der Waals surface area contributed by atoms with Gasteiger partial charge in [0.1, 0.15) is 5.01 Å². The number of nitrogens with one attached hydrogen (secondary N) is 1. The van der Waals surface area contributed by atoms with Crippen LogP contribution in [0.15, 0.2) is 18.2 Å². The molecular formula is C18H25Cl2N5OS. The number of hydrogen-bond donors (Lipinski definition) is 1. The second-order valence-corrected chi connectivity index (χ2v) is 8.96. The quantitative estimate of drug-likeness (QED) is 0.687. The summed E-state index contributed by atoms with van der Waals surface area (Å²) in [6, 6.07) is 5.40. The number of anilines is 1. The molecule has 1 aromatic carbocycles. The monoisotopic (exact) mass is 429 g/mol. The first-order valence-electron chi connectivity index (χ1n) is 8.63. The minimum Gasteiger partial charge on any atom is -0.319 e. The zero-order valence-electron chi connectivity index (χ0n) is 16.2. The molecule has 6 nitrogen and oxygen atoms in total. The molecule has 2 amide bonds. The van der Waals surface area contributed by atoms with E-state index in [1.807, 2.05) is 27.1 Å². The van der Waals surface area contributed by atoms with Crippen LogP contribution in [0.4, 0.5) is 9.93 Å². The zero-order chi connectivity index (χ0) is 20.1. The second-order valence-electron chi connectivity index (χ2n) is 6.96. The van der Waals surface area contributed by atoms with E-state index in [1.54, 1.807) is 17.0 Å². The molecule has 27 heavy (non-hydrogen) atoms. The normalized spacial score (nSPS) is 12.5. The lowest BCUT2D eigenvalue weighted by atomic mass is 10.0. The Morgan fingerprint density at radius 1 is 1.22 bits per heavy atom. The molecule has 0 aliphatic carbocycles. The summed E-state index contributed by atoms with van der Waals surface area (Å²) in [5.74, 6) is 0.382. The number of halogens is 2. The van der Waals surface area contributed by atoms with E-state index in [-0.39, 0.29) is 12.1 Å². The number of carbonyl (C=O) groups excluding carboxylic acids is 1. The molecule has 2 rings (SSSR count). The van der Waals surface area contributed by atoms with Gasteiger partial charge >= 0.3 is 6.03 Å². The molecular weight excluding hydrogens is 405 g/mol. The first-order chi connectivity index (χ1) is 12.7. The van der Waals surface area contributed by atoms with Crippen LogP contribution in [0, 0.1) is 12.8 Å². The number of amides is 2. The Hall–Kier alpha value is -1.41. The molecule has 0 bridgehead atoms. The first-order valence-corrected chi connectivity index (χ1v) is 10.2. The van der Waals surface area contributed by atoms with Crippen molar-refractivity contribution < 1.29 is 4.79 Å². The molecule has 1 atom stereocenters. The summed E-state index contributed by atoms with van der Waals surface area (Å²) < 4.78 is 0. The van der Waals surface area contributed by atoms with E-state index in [0.29, 0.717) is 34.2 Å². The van der Waals surface area contributed by atoms with E-state index >= 15 is 0 Å². The summed E-state index contributed by atoms with van der Waals surface area (Å²) in [6.07, 6.45) is 0. The fraction of sp³-hybridized carbons (Fsp3) is 0.500. The fourth-order valence-corrected chi connectivity index (χ4v) is 3.69. The Kier molecular flexibility index (Phi) is 7.85. The SMILES string of the molecule is Cc1nnc(NC(=O)N(Cc2ccc(Cl)c(Cl)c2)C[C@H](C(C)C)N(C)C)s1. The Morgan fingerprint density at radius 2 is 1.93 bits per heavy atom. The van der Waals surface area contributed by atoms with Crippen molar-refractivity contribution >= 4 is 45.7 Å². The highest BCUT2D eigenvalue weighted by molar-refractivity contribution is 7.15. The minimum atomic E-state index is -0.218. The van der Waals surface area contributed by atoms with Crippen LogP contribution in [-0.4, -0.2) is 52.7 Å². The van der Waals surface area contributed by atoms with Crippen LogP contribution < -0.4 is 5.32 Å². The summed E-state index contributed by atoms with van der Waals surface area (Å²) in [6.45, 7) is 7.12. The van der Waals surface area contributed by atoms with Crippen molar-refractivity contribution in [2.24, 2.45) is 5.92 Å². The number of hydrogen-bond acceptors (Lipinski definition) is 5. The molecule has 9 heteroatoms. The smallest absolute Gasteiger partial charge is 0.319 e. The van der Waals surface area contributed by atoms with Crippen molar-refractivity contribution in [3.63, 3.8) is 0 Å². The molecule has 1 aromatic heterocycles. The summed E-state index contributed by atoms with van der Waals surface area (Å²) in [4.78, 5) is 16.8. The largest absolute Gasteiger partial charge is 0.324 e. The van der Waals surface area contributed by atoms with Crippen molar-refractivity contribution in [2.45, 2.75) is 33.4 Å². The van der Waals surface area contributed by atoms with Gasteiger partial charge in [-0.15, -0.1) is 10.2 Å². The summed E-state index contributed by atoms with van der Waals surface area (Å²) in [5.41, 5.74) is 0.911. The molecule has 0 fully saturated rings. The maximum absolute atomic E-state index is 12.9. The van der Waals surface area contributed by atoms with Crippen molar-refractivity contribution in [1.29, 1.82) is 0 Å². The molecule has 0 aliphatic heterocycles. The molecule has 1 N–H and O–H groups in total. The molecule has 0 saturated heterocycles. The topological polar surface area (TPSA) is 61.4 Å². The molecule has 148 valence electrons. The molecule has 1 heterocycles. The van der Waals surface area contributed by atoms with Crippen LogP contribution in [0.5, 0.6) is 0 Å². The third kappa shape index (κ3) is 6.31. The van der Waals surface area contributed by atoms with Crippen molar-refractivity contribution in [3.05, 3.63) is 38.8 Å². The molecule has 0 spiro atoms. The third-order valence-corrected chi connectivity index (χ3v) is 5.72. The van der Waals surface area contributed by atoms with Gasteiger partial charge in [-0.2, -0.15) is 0 Å². The van der Waals surface area contributed by atoms with Gasteiger partial charge in [0.2, 0.25) is 5.13 Å². The van der Waals surface area contributed by atoms with Crippen LogP contribution in [0.1, 0.15) is 24.4 Å². The lowest BCUT2D eigenvalue weighted by Crippen LogP contribution is -2.46. The maximum Gasteiger partial charge on any atom is 0.324 e. The molecule has 0 saturated carbocycles. The van der Waals surface area contributed by atoms with E-state index in [4.69, 9.17) is 23.2 Å². The highest BCUT2D eigenvalue weighted by Crippen LogP contribution is 2.24. The van der Waals surface area contributed by atoms with Gasteiger partial charge < -0.3 is 9.80 Å². The standard InChI is InChI=1S/C18H25Cl2N5OS/c1-11(2)16(24(4)5)10-25(9-13-6-7-14(19)15(20)8-13)18(26)21-17-23-22-12(3)27-17/h6-8,11,16H,9-10H2,1-5H3,(H,21,23,26)/t16-/m1/s1. The second kappa shape index (κ2) is 9.68. The third-order valence-electron chi connectivity index (χ3n) is 4.22. The van der Waals surface area contributed by atoms with Gasteiger partial charge in [0.25, 0.3) is 0 Å². The molecule has 0 radical (unpaired) electrons. The minimum absolute atomic E-state index is 0.203. The average molecular weight is 430 g/mol. The van der Waals surface area contributed by atoms with Crippen LogP contribution in [0.2, 0.25) is 10.0 Å². The van der Waals surface area contributed by atoms with Crippen molar-refractivity contribution in [3.8, 4) is 0 Å². The van der Waals surface area contributed by atoms with Gasteiger partial charge in [-0.25, -0.2) is 4.79 Å². The number of carbonyl (C=O) groups is 1. The Morgan fingerprint density at radius 3 is 2.44 bits per heavy atom. The Bertz CT molecular complexity index is 773. The van der Waals surface area contributed by atoms with Gasteiger partial charge in [-0.1, -0.05) is 54.5 Å². The van der Waals surface area contributed by atoms with Gasteiger partial charge in [-0.3, -0.25) is 5.32 Å². The number of nitrogens with zero attached hydrogens (tertiary/aromatic N) is 4. The van der Waals surface area contributed by atoms with Crippen LogP contribution >= 0.6 is 34.5 Å². The summed E-state index contributed by atoms with van der Waals surface area (Å²) >= 11 is 13.5. The van der Waals surface area contributed by atoms with Crippen LogP contribution in [0.3, 0.4) is 0 Å². The van der Waals surface area contributed by atoms with E-state index in [9.17, 15) is 4.79 Å². The number of aryl methyl sites for hydroxylation is 1. The van der Waals surface area contributed by atoms with Gasteiger partial charge in [0.05, 0.1) is 10.0 Å². The van der Waals surface area contributed by atoms with Gasteiger partial charge in [0, 0.05) is 19.1 Å². The van der Waals surface area contributed by atoms with E-state index in [2.05, 4.69) is 34.3 Å². The van der Waals surface area contributed by atoms with Crippen LogP contribution in [0.25, 0.3) is 0 Å². The Labute approximate surface area is 174 Å². The zero-order valence-corrected chi connectivity index (χ0v) is 18.5. The lowest BCUT2D eigenvalue weighted by molar-refractivity contribution is 0.155. The first kappa shape index (κ1) is 21.9. The predicted molar refractivity (Wildman–Crippen MR) is 113 cm³/mol. The van der Waals surface area contributed by atoms with E-state index in [0.717, 1.165) is 10.6 Å². The van der Waals surface area contributed by atoms with Gasteiger partial charge in [-0.05, 0) is 44.6 Å². The van der Waals surface area contributed by atoms with Gasteiger partial charge in [0.15, 0.2) is 0 Å². The number of rotatable bonds is 7. The number of likely N-dealkylation sites (N-methyl/N-ethyl adjacent to an activating group) is 1. The average Bonchev–Trinajstić information content (AvgIpc) is 2.98. The Balaban J connectivity index is 2.22. The fourth-order valence-electron chi connectivity index (χ4n) is 2.79. The van der Waals surface area contributed by atoms with E-state index in [1.165, 1.54) is 11.3 Å². The van der Waals surface area contributed by atoms with Crippen LogP contribution in [-0.2, 0) is 6.54 Å². The highest BCUT2D eigenvalue weighted by Gasteiger charge is 2.24. The van der Waals surface area contributed by atoms with Crippen molar-refractivity contribution in [1.82, 2.24) is 20.0 Å². The number of aromatic nitrogens is 2. The van der Waals surface area contributed by atoms with Crippen molar-refractivity contribution in [2.75, 3.05) is 26.0 Å². The molecule has 2 aromatic rings. The van der Waals surface area contributed by atoms with E-state index < -0.39 is 0 Å². The number of urea groups is 1. The number of benzene rings is 1. The summed E-state index contributed by atoms with van der Waals surface area (Å²) in [5, 5.41) is 13.0. The molecule has 0 unspecified atom stereocenters. The summed E-state index contributed by atoms with van der Waals surface area (Å²) in [7, 11) is 4.04. The predicted octanol–water partition coefficient (Wildman–Crippen LogP) is 4.77. The maximum atomic E-state index is 12.9. The lowest BCUT2D eigenvalue weighted by Gasteiger charge is -2.33. The highest BCUT2D eigenvalue weighted by atomic mass is 35.5.